The number of fused-ring (bicyclic) bond motifs is 1. The summed E-state index contributed by atoms with van der Waals surface area (Å²) in [6, 6.07) is 6.03. The molecule has 1 unspecified atom stereocenters. The molecule has 0 aliphatic carbocycles. The van der Waals surface area contributed by atoms with Gasteiger partial charge in [0.1, 0.15) is 11.4 Å². The minimum Gasteiger partial charge on any atom is -0.487 e. The summed E-state index contributed by atoms with van der Waals surface area (Å²) in [5.74, 6) is 1.19. The molecule has 2 aliphatic rings. The van der Waals surface area contributed by atoms with Crippen molar-refractivity contribution in [3.63, 3.8) is 0 Å². The first-order chi connectivity index (χ1) is 8.96. The molecule has 1 atom stereocenters. The van der Waals surface area contributed by atoms with E-state index in [2.05, 4.69) is 11.4 Å². The van der Waals surface area contributed by atoms with Gasteiger partial charge in [-0.2, -0.15) is 0 Å². The zero-order valence-electron chi connectivity index (χ0n) is 11.1. The highest BCUT2D eigenvalue weighted by Gasteiger charge is 2.37. The van der Waals surface area contributed by atoms with Crippen LogP contribution < -0.4 is 10.1 Å². The van der Waals surface area contributed by atoms with Gasteiger partial charge in [-0.25, -0.2) is 8.42 Å². The molecule has 1 aromatic rings. The van der Waals surface area contributed by atoms with Gasteiger partial charge in [-0.05, 0) is 43.0 Å². The lowest BCUT2D eigenvalue weighted by molar-refractivity contribution is 0.0976. The Balaban J connectivity index is 1.81. The monoisotopic (exact) mass is 281 g/mol. The lowest BCUT2D eigenvalue weighted by Crippen LogP contribution is -2.44. The average molecular weight is 281 g/mol. The normalized spacial score (nSPS) is 28.9. The zero-order valence-corrected chi connectivity index (χ0v) is 11.9. The van der Waals surface area contributed by atoms with E-state index in [1.54, 1.807) is 0 Å². The summed E-state index contributed by atoms with van der Waals surface area (Å²) in [6.45, 7) is 3.66. The SMILES string of the molecule is CC1(Oc2ccc3c(c2)CNC3)CCCS(=O)(=O)C1. The Labute approximate surface area is 114 Å². The first-order valence-electron chi connectivity index (χ1n) is 6.68. The maximum absolute atomic E-state index is 11.8. The van der Waals surface area contributed by atoms with Crippen LogP contribution in [0.1, 0.15) is 30.9 Å². The fourth-order valence-electron chi connectivity index (χ4n) is 2.98. The highest BCUT2D eigenvalue weighted by molar-refractivity contribution is 7.91. The first kappa shape index (κ1) is 12.9. The molecule has 4 nitrogen and oxygen atoms in total. The third kappa shape index (κ3) is 2.77. The standard InChI is InChI=1S/C14H19NO3S/c1-14(5-2-6-19(16,17)10-14)18-13-4-3-11-8-15-9-12(11)7-13/h3-4,7,15H,2,5-6,8-10H2,1H3. The summed E-state index contributed by atoms with van der Waals surface area (Å²) in [6.07, 6.45) is 1.48. The Morgan fingerprint density at radius 1 is 1.26 bits per heavy atom. The van der Waals surface area contributed by atoms with E-state index in [1.165, 1.54) is 11.1 Å². The zero-order chi connectivity index (χ0) is 13.5. The third-order valence-corrected chi connectivity index (χ3v) is 5.82. The van der Waals surface area contributed by atoms with Gasteiger partial charge in [-0.1, -0.05) is 6.07 Å². The molecule has 1 saturated heterocycles. The van der Waals surface area contributed by atoms with Crippen molar-refractivity contribution in [3.05, 3.63) is 29.3 Å². The molecule has 0 bridgehead atoms. The summed E-state index contributed by atoms with van der Waals surface area (Å²) in [7, 11) is -2.96. The summed E-state index contributed by atoms with van der Waals surface area (Å²) in [4.78, 5) is 0. The van der Waals surface area contributed by atoms with Gasteiger partial charge in [0.2, 0.25) is 0 Å². The summed E-state index contributed by atoms with van der Waals surface area (Å²) < 4.78 is 29.5. The van der Waals surface area contributed by atoms with Crippen molar-refractivity contribution in [1.82, 2.24) is 5.32 Å². The van der Waals surface area contributed by atoms with E-state index in [9.17, 15) is 8.42 Å². The number of ether oxygens (including phenoxy) is 1. The van der Waals surface area contributed by atoms with Crippen LogP contribution in [0.5, 0.6) is 5.75 Å². The Kier molecular flexibility index (Phi) is 3.06. The number of benzene rings is 1. The molecule has 3 rings (SSSR count). The van der Waals surface area contributed by atoms with Crippen LogP contribution in [0.4, 0.5) is 0 Å². The van der Waals surface area contributed by atoms with Gasteiger partial charge in [-0.3, -0.25) is 0 Å². The number of sulfone groups is 1. The van der Waals surface area contributed by atoms with Gasteiger partial charge in [0, 0.05) is 13.1 Å². The fraction of sp³-hybridized carbons (Fsp3) is 0.571. The van der Waals surface area contributed by atoms with Crippen molar-refractivity contribution in [2.45, 2.75) is 38.5 Å². The number of rotatable bonds is 2. The molecule has 1 aromatic carbocycles. The molecular formula is C14H19NO3S. The van der Waals surface area contributed by atoms with Crippen molar-refractivity contribution in [3.8, 4) is 5.75 Å². The van der Waals surface area contributed by atoms with Gasteiger partial charge in [0.15, 0.2) is 9.84 Å². The second kappa shape index (κ2) is 4.49. The maximum Gasteiger partial charge on any atom is 0.154 e. The second-order valence-electron chi connectivity index (χ2n) is 5.78. The molecule has 104 valence electrons. The molecule has 0 saturated carbocycles. The molecule has 0 spiro atoms. The lowest BCUT2D eigenvalue weighted by atomic mass is 10.0. The van der Waals surface area contributed by atoms with E-state index < -0.39 is 15.4 Å². The van der Waals surface area contributed by atoms with E-state index in [1.807, 2.05) is 19.1 Å². The molecular weight excluding hydrogens is 262 g/mol. The van der Waals surface area contributed by atoms with E-state index in [0.29, 0.717) is 12.2 Å². The molecule has 0 amide bonds. The third-order valence-electron chi connectivity index (χ3n) is 3.86. The van der Waals surface area contributed by atoms with Crippen molar-refractivity contribution >= 4 is 9.84 Å². The van der Waals surface area contributed by atoms with Crippen LogP contribution in [0.3, 0.4) is 0 Å². The molecule has 1 fully saturated rings. The minimum absolute atomic E-state index is 0.120. The highest BCUT2D eigenvalue weighted by Crippen LogP contribution is 2.30. The summed E-state index contributed by atoms with van der Waals surface area (Å²) in [5.41, 5.74) is 1.96. The molecule has 5 heteroatoms. The van der Waals surface area contributed by atoms with Crippen LogP contribution in [-0.4, -0.2) is 25.5 Å². The van der Waals surface area contributed by atoms with E-state index in [0.717, 1.165) is 25.3 Å². The minimum atomic E-state index is -2.96. The molecule has 2 heterocycles. The fourth-order valence-corrected chi connectivity index (χ4v) is 4.84. The van der Waals surface area contributed by atoms with E-state index in [4.69, 9.17) is 4.74 Å². The Morgan fingerprint density at radius 3 is 2.84 bits per heavy atom. The van der Waals surface area contributed by atoms with Crippen LogP contribution >= 0.6 is 0 Å². The van der Waals surface area contributed by atoms with Gasteiger partial charge >= 0.3 is 0 Å². The average Bonchev–Trinajstić information content (AvgIpc) is 2.73. The summed E-state index contributed by atoms with van der Waals surface area (Å²) in [5, 5.41) is 3.29. The second-order valence-corrected chi connectivity index (χ2v) is 7.97. The van der Waals surface area contributed by atoms with E-state index in [-0.39, 0.29) is 5.75 Å². The quantitative estimate of drug-likeness (QED) is 0.895. The summed E-state index contributed by atoms with van der Waals surface area (Å²) >= 11 is 0. The number of hydrogen-bond donors (Lipinski definition) is 1. The Bertz CT molecular complexity index is 597. The molecule has 0 aromatic heterocycles. The van der Waals surface area contributed by atoms with Gasteiger partial charge in [0.05, 0.1) is 11.5 Å². The smallest absolute Gasteiger partial charge is 0.154 e. The number of nitrogens with one attached hydrogen (secondary N) is 1. The van der Waals surface area contributed by atoms with Crippen molar-refractivity contribution < 1.29 is 13.2 Å². The van der Waals surface area contributed by atoms with Crippen LogP contribution in [-0.2, 0) is 22.9 Å². The van der Waals surface area contributed by atoms with Crippen LogP contribution in [0, 0.1) is 0 Å². The van der Waals surface area contributed by atoms with E-state index >= 15 is 0 Å². The molecule has 1 N–H and O–H groups in total. The Hall–Kier alpha value is -1.07. The topological polar surface area (TPSA) is 55.4 Å². The lowest BCUT2D eigenvalue weighted by Gasteiger charge is -2.34. The largest absolute Gasteiger partial charge is 0.487 e. The first-order valence-corrected chi connectivity index (χ1v) is 8.50. The van der Waals surface area contributed by atoms with Crippen LogP contribution in [0.15, 0.2) is 18.2 Å². The Morgan fingerprint density at radius 2 is 2.05 bits per heavy atom. The molecule has 19 heavy (non-hydrogen) atoms. The van der Waals surface area contributed by atoms with Crippen LogP contribution in [0.2, 0.25) is 0 Å². The van der Waals surface area contributed by atoms with Crippen molar-refractivity contribution in [2.24, 2.45) is 0 Å². The van der Waals surface area contributed by atoms with Gasteiger partial charge in [0.25, 0.3) is 0 Å². The van der Waals surface area contributed by atoms with Crippen molar-refractivity contribution in [1.29, 1.82) is 0 Å². The predicted octanol–water partition coefficient (Wildman–Crippen LogP) is 1.64. The van der Waals surface area contributed by atoms with Gasteiger partial charge < -0.3 is 10.1 Å². The van der Waals surface area contributed by atoms with Crippen LogP contribution in [0.25, 0.3) is 0 Å². The van der Waals surface area contributed by atoms with Gasteiger partial charge in [-0.15, -0.1) is 0 Å². The molecule has 2 aliphatic heterocycles. The predicted molar refractivity (Wildman–Crippen MR) is 73.9 cm³/mol. The number of hydrogen-bond acceptors (Lipinski definition) is 4. The highest BCUT2D eigenvalue weighted by atomic mass is 32.2. The van der Waals surface area contributed by atoms with Crippen molar-refractivity contribution in [2.75, 3.05) is 11.5 Å². The molecule has 0 radical (unpaired) electrons. The maximum atomic E-state index is 11.8.